The Labute approximate surface area is 305 Å². The highest BCUT2D eigenvalue weighted by Crippen LogP contribution is 2.42. The van der Waals surface area contributed by atoms with Crippen molar-refractivity contribution in [2.24, 2.45) is 0 Å². The lowest BCUT2D eigenvalue weighted by atomic mass is 10.0. The number of hydrogen-bond acceptors (Lipinski definition) is 0. The second-order valence-corrected chi connectivity index (χ2v) is 12.8. The summed E-state index contributed by atoms with van der Waals surface area (Å²) >= 11 is 0. The molecular weight excluding hydrogens is 619 g/mol. The number of nitrogens with zero attached hydrogens (tertiary/aromatic N) is 3. The molecule has 0 spiro atoms. The van der Waals surface area contributed by atoms with E-state index in [1.165, 1.54) is 0 Å². The molecule has 11 aromatic rings. The molecule has 8 aromatic carbocycles. The molecule has 0 unspecified atom stereocenters. The first-order valence-corrected chi connectivity index (χ1v) is 16.9. The zero-order chi connectivity index (χ0) is 40.4. The first-order valence-electron chi connectivity index (χ1n) is 20.9. The summed E-state index contributed by atoms with van der Waals surface area (Å²) in [4.78, 5) is 0. The molecule has 0 N–H and O–H groups in total. The van der Waals surface area contributed by atoms with Crippen molar-refractivity contribution in [1.29, 1.82) is 0 Å². The summed E-state index contributed by atoms with van der Waals surface area (Å²) in [6.45, 7) is 0. The Morgan fingerprint density at radius 2 is 0.882 bits per heavy atom. The average molecular weight is 658 g/mol. The highest BCUT2D eigenvalue weighted by molar-refractivity contribution is 6.26. The van der Waals surface area contributed by atoms with Gasteiger partial charge in [0, 0.05) is 49.4 Å². The van der Waals surface area contributed by atoms with E-state index in [0.29, 0.717) is 5.69 Å². The number of benzene rings is 8. The molecule has 0 amide bonds. The summed E-state index contributed by atoms with van der Waals surface area (Å²) in [6, 6.07) is 44.4. The summed E-state index contributed by atoms with van der Waals surface area (Å²) in [6.07, 6.45) is 0. The van der Waals surface area contributed by atoms with E-state index in [-0.39, 0.29) is 46.0 Å². The van der Waals surface area contributed by atoms with Gasteiger partial charge in [0.25, 0.3) is 0 Å². The van der Waals surface area contributed by atoms with Crippen molar-refractivity contribution in [3.8, 4) is 28.2 Å². The van der Waals surface area contributed by atoms with Gasteiger partial charge >= 0.3 is 0 Å². The minimum atomic E-state index is -0.469. The van der Waals surface area contributed by atoms with Gasteiger partial charge in [0.15, 0.2) is 0 Å². The van der Waals surface area contributed by atoms with E-state index in [9.17, 15) is 0 Å². The van der Waals surface area contributed by atoms with Crippen LogP contribution in [0.2, 0.25) is 0 Å². The average Bonchev–Trinajstić information content (AvgIpc) is 3.93. The van der Waals surface area contributed by atoms with Gasteiger partial charge in [-0.1, -0.05) is 127 Å². The van der Waals surface area contributed by atoms with E-state index in [1.54, 1.807) is 10.6 Å². The monoisotopic (exact) mass is 657 g/mol. The zero-order valence-corrected chi connectivity index (χ0v) is 27.1. The van der Waals surface area contributed by atoms with Crippen LogP contribution < -0.4 is 0 Å². The fourth-order valence-corrected chi connectivity index (χ4v) is 7.96. The topological polar surface area (TPSA) is 14.8 Å². The van der Waals surface area contributed by atoms with Crippen LogP contribution in [0.3, 0.4) is 0 Å². The van der Waals surface area contributed by atoms with Gasteiger partial charge in [-0.25, -0.2) is 0 Å². The van der Waals surface area contributed by atoms with Crippen LogP contribution in [0.25, 0.3) is 93.6 Å². The zero-order valence-electron chi connectivity index (χ0n) is 35.1. The summed E-state index contributed by atoms with van der Waals surface area (Å²) in [5.74, 6) is 0. The Bertz CT molecular complexity index is 3520. The van der Waals surface area contributed by atoms with Gasteiger partial charge in [0.1, 0.15) is 0 Å². The smallest absolute Gasteiger partial charge is 0.0645 e. The van der Waals surface area contributed by atoms with Crippen LogP contribution in [-0.2, 0) is 0 Å². The van der Waals surface area contributed by atoms with Crippen LogP contribution >= 0.6 is 0 Å². The third-order valence-corrected chi connectivity index (χ3v) is 10.1. The second kappa shape index (κ2) is 10.8. The first-order chi connectivity index (χ1) is 28.7. The lowest BCUT2D eigenvalue weighted by molar-refractivity contribution is 1.13. The van der Waals surface area contributed by atoms with E-state index in [1.807, 2.05) is 48.5 Å². The first kappa shape index (κ1) is 21.3. The molecule has 0 aliphatic rings. The van der Waals surface area contributed by atoms with Gasteiger partial charge in [-0.2, -0.15) is 0 Å². The second-order valence-electron chi connectivity index (χ2n) is 12.8. The van der Waals surface area contributed by atoms with Crippen LogP contribution in [0.1, 0.15) is 11.0 Å². The van der Waals surface area contributed by atoms with Gasteiger partial charge < -0.3 is 13.7 Å². The van der Waals surface area contributed by atoms with Gasteiger partial charge in [0.2, 0.25) is 0 Å². The Balaban J connectivity index is 1.23. The van der Waals surface area contributed by atoms with Crippen molar-refractivity contribution >= 4 is 65.4 Å². The normalized spacial score (nSPS) is 14.1. The minimum Gasteiger partial charge on any atom is -0.309 e. The lowest BCUT2D eigenvalue weighted by Gasteiger charge is -2.13. The Morgan fingerprint density at radius 1 is 0.333 bits per heavy atom. The van der Waals surface area contributed by atoms with Crippen LogP contribution in [0.4, 0.5) is 0 Å². The Kier molecular flexibility index (Phi) is 4.52. The molecule has 3 heteroatoms. The standard InChI is InChI=1S/C48H31N3/c1-2-14-32(15-3-1)33-16-12-17-34(30-33)51-44-26-10-6-22-39(44)40-28-29-46-47(48(40)51)41-23-7-11-27-45(41)50(46)36-19-13-18-35(31-36)49-42-24-8-4-20-37(42)38-21-5-9-25-43(38)49/h1-31H/i4D,5D,8D,9D,20D,21D,24D,25D. The maximum absolute atomic E-state index is 9.05. The van der Waals surface area contributed by atoms with Crippen molar-refractivity contribution in [3.05, 3.63) is 188 Å². The van der Waals surface area contributed by atoms with Crippen molar-refractivity contribution in [2.75, 3.05) is 0 Å². The molecule has 3 nitrogen and oxygen atoms in total. The molecule has 3 heterocycles. The van der Waals surface area contributed by atoms with Crippen LogP contribution in [0.15, 0.2) is 188 Å². The number of hydrogen-bond donors (Lipinski definition) is 0. The Hall–Kier alpha value is -6.84. The summed E-state index contributed by atoms with van der Waals surface area (Å²) in [5, 5.41) is 4.45. The van der Waals surface area contributed by atoms with E-state index in [2.05, 4.69) is 94.1 Å². The lowest BCUT2D eigenvalue weighted by Crippen LogP contribution is -1.98. The van der Waals surface area contributed by atoms with Crippen molar-refractivity contribution in [1.82, 2.24) is 13.7 Å². The summed E-state index contributed by atoms with van der Waals surface area (Å²) in [5.41, 5.74) is 8.74. The predicted octanol–water partition coefficient (Wildman–Crippen LogP) is 12.6. The number of fused-ring (bicyclic) bond motifs is 10. The SMILES string of the molecule is [2H]c1c([2H])c([2H])c2c(c1[2H])c1c([2H])c([2H])c([2H])c([2H])c1n2-c1cccc(-n2c3ccccc3c3c2ccc2c4ccccc4n(-c4cccc(-c5ccccc5)c4)c23)c1. The maximum Gasteiger partial charge on any atom is 0.0645 e. The van der Waals surface area contributed by atoms with Crippen molar-refractivity contribution in [2.45, 2.75) is 0 Å². The third-order valence-electron chi connectivity index (χ3n) is 10.1. The van der Waals surface area contributed by atoms with Gasteiger partial charge in [0.05, 0.1) is 44.1 Å². The van der Waals surface area contributed by atoms with Crippen molar-refractivity contribution < 1.29 is 11.0 Å². The molecule has 0 saturated heterocycles. The molecule has 0 saturated carbocycles. The van der Waals surface area contributed by atoms with Gasteiger partial charge in [-0.05, 0) is 71.7 Å². The predicted molar refractivity (Wildman–Crippen MR) is 215 cm³/mol. The minimum absolute atomic E-state index is 0.0480. The highest BCUT2D eigenvalue weighted by atomic mass is 15.0. The van der Waals surface area contributed by atoms with Crippen molar-refractivity contribution in [3.63, 3.8) is 0 Å². The fraction of sp³-hybridized carbons (Fsp3) is 0. The Morgan fingerprint density at radius 3 is 1.61 bits per heavy atom. The van der Waals surface area contributed by atoms with Crippen LogP contribution in [0, 0.1) is 0 Å². The maximum atomic E-state index is 9.05. The van der Waals surface area contributed by atoms with Gasteiger partial charge in [-0.3, -0.25) is 0 Å². The number of rotatable bonds is 4. The van der Waals surface area contributed by atoms with Crippen LogP contribution in [-0.4, -0.2) is 13.7 Å². The summed E-state index contributed by atoms with van der Waals surface area (Å²) in [7, 11) is 0. The van der Waals surface area contributed by atoms with E-state index >= 15 is 0 Å². The fourth-order valence-electron chi connectivity index (χ4n) is 7.96. The number of para-hydroxylation sites is 4. The number of aromatic nitrogens is 3. The molecular formula is C48H31N3. The molecule has 238 valence electrons. The molecule has 0 bridgehead atoms. The molecule has 0 fully saturated rings. The van der Waals surface area contributed by atoms with Gasteiger partial charge in [-0.15, -0.1) is 0 Å². The largest absolute Gasteiger partial charge is 0.309 e. The quantitative estimate of drug-likeness (QED) is 0.179. The third kappa shape index (κ3) is 4.06. The van der Waals surface area contributed by atoms with E-state index in [0.717, 1.165) is 66.1 Å². The molecule has 3 aromatic heterocycles. The summed E-state index contributed by atoms with van der Waals surface area (Å²) < 4.78 is 76.1. The molecule has 51 heavy (non-hydrogen) atoms. The van der Waals surface area contributed by atoms with Crippen LogP contribution in [0.5, 0.6) is 0 Å². The molecule has 0 radical (unpaired) electrons. The van der Waals surface area contributed by atoms with E-state index < -0.39 is 24.2 Å². The van der Waals surface area contributed by atoms with E-state index in [4.69, 9.17) is 11.0 Å². The molecule has 0 atom stereocenters. The highest BCUT2D eigenvalue weighted by Gasteiger charge is 2.21. The molecule has 0 aliphatic heterocycles. The molecule has 0 aliphatic carbocycles. The molecule has 11 rings (SSSR count).